The third-order valence-corrected chi connectivity index (χ3v) is 4.95. The third kappa shape index (κ3) is 3.33. The Morgan fingerprint density at radius 3 is 3.04 bits per heavy atom. The summed E-state index contributed by atoms with van der Waals surface area (Å²) in [6, 6.07) is 5.22. The molecule has 0 atom stereocenters. The van der Waals surface area contributed by atoms with E-state index in [-0.39, 0.29) is 11.5 Å². The fourth-order valence-electron chi connectivity index (χ4n) is 3.56. The third-order valence-electron chi connectivity index (χ3n) is 4.95. The van der Waals surface area contributed by atoms with Gasteiger partial charge in [-0.15, -0.1) is 0 Å². The van der Waals surface area contributed by atoms with Gasteiger partial charge in [0.15, 0.2) is 0 Å². The number of hydrogen-bond acceptors (Lipinski definition) is 4. The van der Waals surface area contributed by atoms with Crippen LogP contribution in [0.1, 0.15) is 32.7 Å². The van der Waals surface area contributed by atoms with Gasteiger partial charge in [0.1, 0.15) is 5.82 Å². The molecule has 138 valence electrons. The number of aryl methyl sites for hydroxylation is 1. The summed E-state index contributed by atoms with van der Waals surface area (Å²) in [5.41, 5.74) is 4.35. The molecule has 0 saturated carbocycles. The van der Waals surface area contributed by atoms with Crippen molar-refractivity contribution >= 4 is 16.8 Å². The molecule has 3 heterocycles. The first-order valence-electron chi connectivity index (χ1n) is 8.80. The number of halogens is 1. The van der Waals surface area contributed by atoms with Gasteiger partial charge in [-0.1, -0.05) is 0 Å². The molecule has 1 amide bonds. The van der Waals surface area contributed by atoms with Gasteiger partial charge in [0, 0.05) is 36.4 Å². The number of amides is 1. The molecule has 3 N–H and O–H groups in total. The van der Waals surface area contributed by atoms with Crippen molar-refractivity contribution in [1.82, 2.24) is 20.6 Å². The molecule has 0 aliphatic carbocycles. The highest BCUT2D eigenvalue weighted by molar-refractivity contribution is 6.05. The predicted molar refractivity (Wildman–Crippen MR) is 100 cm³/mol. The average Bonchev–Trinajstić information content (AvgIpc) is 2.66. The van der Waals surface area contributed by atoms with Crippen LogP contribution in [0.5, 0.6) is 0 Å². The molecule has 2 aromatic heterocycles. The average molecular weight is 366 g/mol. The van der Waals surface area contributed by atoms with Gasteiger partial charge in [-0.3, -0.25) is 14.6 Å². The lowest BCUT2D eigenvalue weighted by Gasteiger charge is -2.21. The number of benzene rings is 1. The number of carbonyl (C=O) groups is 1. The summed E-state index contributed by atoms with van der Waals surface area (Å²) in [6.07, 6.45) is 2.76. The molecule has 3 aromatic rings. The summed E-state index contributed by atoms with van der Waals surface area (Å²) in [4.78, 5) is 31.6. The Hall–Kier alpha value is -3.06. The Morgan fingerprint density at radius 2 is 2.19 bits per heavy atom. The lowest BCUT2D eigenvalue weighted by molar-refractivity contribution is 0.0952. The molecule has 1 aliphatic heterocycles. The van der Waals surface area contributed by atoms with Crippen LogP contribution in [0, 0.1) is 12.7 Å². The molecule has 1 aromatic carbocycles. The van der Waals surface area contributed by atoms with Gasteiger partial charge < -0.3 is 15.6 Å². The molecular weight excluding hydrogens is 347 g/mol. The number of rotatable bonds is 3. The van der Waals surface area contributed by atoms with Gasteiger partial charge in [0.05, 0.1) is 11.1 Å². The SMILES string of the molecule is Cc1ncc2c(c1CNC(=O)c1cc(=O)[nH]c3cc(F)ccc13)CCNC2. The van der Waals surface area contributed by atoms with Crippen LogP contribution in [0.25, 0.3) is 10.9 Å². The number of pyridine rings is 2. The van der Waals surface area contributed by atoms with Crippen molar-refractivity contribution in [2.45, 2.75) is 26.4 Å². The fourth-order valence-corrected chi connectivity index (χ4v) is 3.56. The van der Waals surface area contributed by atoms with E-state index < -0.39 is 11.4 Å². The van der Waals surface area contributed by atoms with Crippen LogP contribution < -0.4 is 16.2 Å². The van der Waals surface area contributed by atoms with Crippen molar-refractivity contribution in [1.29, 1.82) is 0 Å². The second kappa shape index (κ2) is 6.92. The second-order valence-electron chi connectivity index (χ2n) is 6.67. The Bertz CT molecular complexity index is 1110. The highest BCUT2D eigenvalue weighted by Crippen LogP contribution is 2.21. The first kappa shape index (κ1) is 17.4. The van der Waals surface area contributed by atoms with E-state index >= 15 is 0 Å². The smallest absolute Gasteiger partial charge is 0.252 e. The molecular formula is C20H19FN4O2. The number of H-pyrrole nitrogens is 1. The highest BCUT2D eigenvalue weighted by Gasteiger charge is 2.18. The van der Waals surface area contributed by atoms with E-state index in [9.17, 15) is 14.0 Å². The molecule has 7 heteroatoms. The Morgan fingerprint density at radius 1 is 1.33 bits per heavy atom. The number of nitrogens with one attached hydrogen (secondary N) is 3. The molecule has 4 rings (SSSR count). The zero-order valence-corrected chi connectivity index (χ0v) is 14.9. The number of carbonyl (C=O) groups excluding carboxylic acids is 1. The Kier molecular flexibility index (Phi) is 4.45. The van der Waals surface area contributed by atoms with Crippen LogP contribution >= 0.6 is 0 Å². The second-order valence-corrected chi connectivity index (χ2v) is 6.67. The maximum absolute atomic E-state index is 13.4. The van der Waals surface area contributed by atoms with Crippen molar-refractivity contribution < 1.29 is 9.18 Å². The van der Waals surface area contributed by atoms with Crippen LogP contribution in [0.4, 0.5) is 4.39 Å². The zero-order valence-electron chi connectivity index (χ0n) is 14.9. The van der Waals surface area contributed by atoms with Crippen LogP contribution in [-0.2, 0) is 19.5 Å². The first-order chi connectivity index (χ1) is 13.0. The Labute approximate surface area is 154 Å². The van der Waals surface area contributed by atoms with Gasteiger partial charge in [0.25, 0.3) is 5.91 Å². The van der Waals surface area contributed by atoms with Crippen LogP contribution in [0.2, 0.25) is 0 Å². The monoisotopic (exact) mass is 366 g/mol. The maximum Gasteiger partial charge on any atom is 0.252 e. The minimum absolute atomic E-state index is 0.228. The van der Waals surface area contributed by atoms with Crippen molar-refractivity contribution in [2.75, 3.05) is 6.54 Å². The molecule has 0 radical (unpaired) electrons. The van der Waals surface area contributed by atoms with E-state index in [0.717, 1.165) is 36.3 Å². The van der Waals surface area contributed by atoms with E-state index in [4.69, 9.17) is 0 Å². The molecule has 0 saturated heterocycles. The first-order valence-corrected chi connectivity index (χ1v) is 8.80. The molecule has 0 spiro atoms. The van der Waals surface area contributed by atoms with Gasteiger partial charge in [-0.05, 0) is 54.8 Å². The highest BCUT2D eigenvalue weighted by atomic mass is 19.1. The molecule has 6 nitrogen and oxygen atoms in total. The minimum Gasteiger partial charge on any atom is -0.348 e. The molecule has 27 heavy (non-hydrogen) atoms. The normalized spacial score (nSPS) is 13.4. The molecule has 1 aliphatic rings. The summed E-state index contributed by atoms with van der Waals surface area (Å²) in [5, 5.41) is 6.71. The molecule has 0 unspecified atom stereocenters. The quantitative estimate of drug-likeness (QED) is 0.661. The largest absolute Gasteiger partial charge is 0.348 e. The van der Waals surface area contributed by atoms with Gasteiger partial charge in [0.2, 0.25) is 5.56 Å². The minimum atomic E-state index is -0.470. The van der Waals surface area contributed by atoms with Crippen molar-refractivity contribution in [3.05, 3.63) is 74.6 Å². The van der Waals surface area contributed by atoms with E-state index in [0.29, 0.717) is 17.4 Å². The lowest BCUT2D eigenvalue weighted by atomic mass is 9.96. The number of hydrogen-bond donors (Lipinski definition) is 3. The molecule has 0 bridgehead atoms. The van der Waals surface area contributed by atoms with Gasteiger partial charge in [-0.2, -0.15) is 0 Å². The predicted octanol–water partition coefficient (Wildman–Crippen LogP) is 1.95. The summed E-state index contributed by atoms with van der Waals surface area (Å²) < 4.78 is 13.4. The fraction of sp³-hybridized carbons (Fsp3) is 0.250. The van der Waals surface area contributed by atoms with Crippen LogP contribution in [0.15, 0.2) is 35.3 Å². The Balaban J connectivity index is 1.65. The topological polar surface area (TPSA) is 86.9 Å². The number of nitrogens with zero attached hydrogens (tertiary/aromatic N) is 1. The summed E-state index contributed by atoms with van der Waals surface area (Å²) >= 11 is 0. The maximum atomic E-state index is 13.4. The van der Waals surface area contributed by atoms with E-state index in [1.165, 1.54) is 29.8 Å². The van der Waals surface area contributed by atoms with Gasteiger partial charge >= 0.3 is 0 Å². The van der Waals surface area contributed by atoms with Crippen molar-refractivity contribution in [2.24, 2.45) is 0 Å². The molecule has 0 fully saturated rings. The van der Waals surface area contributed by atoms with Gasteiger partial charge in [-0.25, -0.2) is 4.39 Å². The van der Waals surface area contributed by atoms with Crippen molar-refractivity contribution in [3.63, 3.8) is 0 Å². The summed E-state index contributed by atoms with van der Waals surface area (Å²) in [5.74, 6) is -0.842. The van der Waals surface area contributed by atoms with Crippen LogP contribution in [-0.4, -0.2) is 22.4 Å². The number of fused-ring (bicyclic) bond motifs is 2. The van der Waals surface area contributed by atoms with E-state index in [1.54, 1.807) is 0 Å². The zero-order chi connectivity index (χ0) is 19.0. The van der Waals surface area contributed by atoms with Crippen LogP contribution in [0.3, 0.4) is 0 Å². The standard InChI is InChI=1S/C20H19FN4O2/c1-11-17(14-4-5-22-8-12(14)9-23-11)10-24-20(27)16-7-19(26)25-18-6-13(21)2-3-15(16)18/h2-3,6-7,9,22H,4-5,8,10H2,1H3,(H,24,27)(H,25,26). The summed E-state index contributed by atoms with van der Waals surface area (Å²) in [7, 11) is 0. The number of aromatic amines is 1. The van der Waals surface area contributed by atoms with E-state index in [1.807, 2.05) is 13.1 Å². The lowest BCUT2D eigenvalue weighted by Crippen LogP contribution is -2.29. The van der Waals surface area contributed by atoms with E-state index in [2.05, 4.69) is 20.6 Å². The summed E-state index contributed by atoms with van der Waals surface area (Å²) in [6.45, 7) is 3.92. The van der Waals surface area contributed by atoms with Crippen molar-refractivity contribution in [3.8, 4) is 0 Å². The number of aromatic nitrogens is 2.